The Kier molecular flexibility index (Phi) is 4.77. The zero-order valence-corrected chi connectivity index (χ0v) is 12.3. The average Bonchev–Trinajstić information content (AvgIpc) is 2.47. The molecule has 0 bridgehead atoms. The van der Waals surface area contributed by atoms with Gasteiger partial charge in [0, 0.05) is 38.8 Å². The third-order valence-corrected chi connectivity index (χ3v) is 3.59. The average molecular weight is 293 g/mol. The number of amides is 3. The minimum Gasteiger partial charge on any atom is -0.349 e. The van der Waals surface area contributed by atoms with Crippen LogP contribution in [0.15, 0.2) is 24.3 Å². The van der Waals surface area contributed by atoms with Crippen molar-refractivity contribution in [3.05, 3.63) is 35.6 Å². The molecule has 0 aliphatic carbocycles. The van der Waals surface area contributed by atoms with Gasteiger partial charge in [0.2, 0.25) is 0 Å². The summed E-state index contributed by atoms with van der Waals surface area (Å²) >= 11 is 0. The fraction of sp³-hybridized carbons (Fsp3) is 0.467. The second-order valence-electron chi connectivity index (χ2n) is 5.42. The van der Waals surface area contributed by atoms with Crippen molar-refractivity contribution >= 4 is 11.9 Å². The number of benzene rings is 1. The van der Waals surface area contributed by atoms with Crippen LogP contribution in [0.25, 0.3) is 0 Å². The normalized spacial score (nSPS) is 15.7. The molecule has 0 atom stereocenters. The summed E-state index contributed by atoms with van der Waals surface area (Å²) in [7, 11) is 3.45. The Morgan fingerprint density at radius 1 is 1.19 bits per heavy atom. The van der Waals surface area contributed by atoms with Gasteiger partial charge in [-0.3, -0.25) is 4.79 Å². The number of hydrogen-bond acceptors (Lipinski definition) is 2. The maximum Gasteiger partial charge on any atom is 0.319 e. The lowest BCUT2D eigenvalue weighted by molar-refractivity contribution is 0.0914. The van der Waals surface area contributed by atoms with Crippen LogP contribution in [0.3, 0.4) is 0 Å². The Balaban J connectivity index is 1.84. The number of piperidine rings is 1. The van der Waals surface area contributed by atoms with Gasteiger partial charge < -0.3 is 15.1 Å². The zero-order valence-electron chi connectivity index (χ0n) is 12.3. The number of carbonyl (C=O) groups is 2. The van der Waals surface area contributed by atoms with Crippen LogP contribution in [0.5, 0.6) is 0 Å². The second kappa shape index (κ2) is 6.56. The molecule has 1 aliphatic heterocycles. The van der Waals surface area contributed by atoms with Crippen molar-refractivity contribution in [1.82, 2.24) is 15.1 Å². The molecule has 5 nitrogen and oxygen atoms in total. The topological polar surface area (TPSA) is 52.7 Å². The van der Waals surface area contributed by atoms with E-state index in [1.807, 2.05) is 0 Å². The maximum atomic E-state index is 12.8. The summed E-state index contributed by atoms with van der Waals surface area (Å²) in [4.78, 5) is 27.2. The van der Waals surface area contributed by atoms with Gasteiger partial charge in [0.25, 0.3) is 5.91 Å². The van der Waals surface area contributed by atoms with E-state index in [9.17, 15) is 14.0 Å². The number of carbonyl (C=O) groups excluding carboxylic acids is 2. The molecular formula is C15H20FN3O2. The van der Waals surface area contributed by atoms with Gasteiger partial charge in [0.15, 0.2) is 0 Å². The summed E-state index contributed by atoms with van der Waals surface area (Å²) in [5.74, 6) is -0.561. The quantitative estimate of drug-likeness (QED) is 0.902. The van der Waals surface area contributed by atoms with Crippen LogP contribution in [0.2, 0.25) is 0 Å². The number of rotatable bonds is 2. The number of nitrogens with zero attached hydrogens (tertiary/aromatic N) is 2. The van der Waals surface area contributed by atoms with Crippen molar-refractivity contribution < 1.29 is 14.0 Å². The van der Waals surface area contributed by atoms with Gasteiger partial charge in [-0.2, -0.15) is 0 Å². The molecule has 3 amide bonds. The minimum absolute atomic E-state index is 0.00156. The van der Waals surface area contributed by atoms with Crippen molar-refractivity contribution in [2.24, 2.45) is 0 Å². The number of likely N-dealkylation sites (tertiary alicyclic amines) is 1. The molecule has 0 unspecified atom stereocenters. The van der Waals surface area contributed by atoms with E-state index in [0.717, 1.165) is 12.8 Å². The summed E-state index contributed by atoms with van der Waals surface area (Å²) in [5.41, 5.74) is 0.447. The molecule has 1 N–H and O–H groups in total. The van der Waals surface area contributed by atoms with Crippen molar-refractivity contribution in [3.63, 3.8) is 0 Å². The van der Waals surface area contributed by atoms with Crippen LogP contribution in [0.4, 0.5) is 9.18 Å². The third-order valence-electron chi connectivity index (χ3n) is 3.59. The highest BCUT2D eigenvalue weighted by Gasteiger charge is 2.24. The van der Waals surface area contributed by atoms with E-state index in [2.05, 4.69) is 5.32 Å². The molecule has 1 aliphatic rings. The van der Waals surface area contributed by atoms with E-state index < -0.39 is 0 Å². The Hall–Kier alpha value is -2.11. The number of halogens is 1. The van der Waals surface area contributed by atoms with Crippen LogP contribution in [0.1, 0.15) is 23.2 Å². The highest BCUT2D eigenvalue weighted by molar-refractivity contribution is 5.94. The number of nitrogens with one attached hydrogen (secondary N) is 1. The minimum atomic E-state index is -0.359. The molecule has 1 aromatic carbocycles. The highest BCUT2D eigenvalue weighted by atomic mass is 19.1. The fourth-order valence-electron chi connectivity index (χ4n) is 2.37. The summed E-state index contributed by atoms with van der Waals surface area (Å²) in [5, 5.41) is 2.93. The Morgan fingerprint density at radius 2 is 1.76 bits per heavy atom. The molecule has 0 spiro atoms. The first-order valence-electron chi connectivity index (χ1n) is 7.00. The van der Waals surface area contributed by atoms with E-state index in [1.165, 1.54) is 24.3 Å². The molecule has 6 heteroatoms. The SMILES string of the molecule is CN(C)C(=O)N1CCC(NC(=O)c2ccc(F)cc2)CC1. The van der Waals surface area contributed by atoms with Crippen LogP contribution in [0, 0.1) is 5.82 Å². The van der Waals surface area contributed by atoms with Gasteiger partial charge in [0.05, 0.1) is 0 Å². The zero-order chi connectivity index (χ0) is 15.4. The molecule has 1 fully saturated rings. The summed E-state index contributed by atoms with van der Waals surface area (Å²) < 4.78 is 12.8. The Morgan fingerprint density at radius 3 is 2.29 bits per heavy atom. The van der Waals surface area contributed by atoms with E-state index in [1.54, 1.807) is 23.9 Å². The lowest BCUT2D eigenvalue weighted by atomic mass is 10.0. The molecule has 1 saturated heterocycles. The first-order chi connectivity index (χ1) is 9.97. The van der Waals surface area contributed by atoms with Crippen LogP contribution >= 0.6 is 0 Å². The Labute approximate surface area is 123 Å². The van der Waals surface area contributed by atoms with Gasteiger partial charge in [-0.1, -0.05) is 0 Å². The number of hydrogen-bond donors (Lipinski definition) is 1. The largest absolute Gasteiger partial charge is 0.349 e. The van der Waals surface area contributed by atoms with Crippen LogP contribution in [-0.2, 0) is 0 Å². The molecule has 0 saturated carbocycles. The molecule has 1 heterocycles. The van der Waals surface area contributed by atoms with Crippen molar-refractivity contribution in [2.75, 3.05) is 27.2 Å². The number of urea groups is 1. The standard InChI is InChI=1S/C15H20FN3O2/c1-18(2)15(21)19-9-7-13(8-10-19)17-14(20)11-3-5-12(16)6-4-11/h3-6,13H,7-10H2,1-2H3,(H,17,20). The van der Waals surface area contributed by atoms with E-state index in [-0.39, 0.29) is 23.8 Å². The second-order valence-corrected chi connectivity index (χ2v) is 5.42. The summed E-state index contributed by atoms with van der Waals surface area (Å²) in [6, 6.07) is 5.53. The van der Waals surface area contributed by atoms with Crippen molar-refractivity contribution in [3.8, 4) is 0 Å². The van der Waals surface area contributed by atoms with Gasteiger partial charge in [-0.15, -0.1) is 0 Å². The lowest BCUT2D eigenvalue weighted by Crippen LogP contribution is -2.49. The van der Waals surface area contributed by atoms with Gasteiger partial charge in [-0.05, 0) is 37.1 Å². The first kappa shape index (κ1) is 15.3. The molecule has 0 radical (unpaired) electrons. The van der Waals surface area contributed by atoms with Gasteiger partial charge >= 0.3 is 6.03 Å². The maximum absolute atomic E-state index is 12.8. The monoisotopic (exact) mass is 293 g/mol. The van der Waals surface area contributed by atoms with Crippen LogP contribution in [-0.4, -0.2) is 55.0 Å². The lowest BCUT2D eigenvalue weighted by Gasteiger charge is -2.33. The smallest absolute Gasteiger partial charge is 0.319 e. The van der Waals surface area contributed by atoms with Gasteiger partial charge in [-0.25, -0.2) is 9.18 Å². The van der Waals surface area contributed by atoms with E-state index in [0.29, 0.717) is 18.7 Å². The van der Waals surface area contributed by atoms with Crippen molar-refractivity contribution in [1.29, 1.82) is 0 Å². The Bertz CT molecular complexity index is 508. The summed E-state index contributed by atoms with van der Waals surface area (Å²) in [6.45, 7) is 1.26. The molecule has 114 valence electrons. The molecule has 0 aromatic heterocycles. The van der Waals surface area contributed by atoms with Crippen molar-refractivity contribution in [2.45, 2.75) is 18.9 Å². The fourth-order valence-corrected chi connectivity index (χ4v) is 2.37. The predicted octanol–water partition coefficient (Wildman–Crippen LogP) is 1.70. The van der Waals surface area contributed by atoms with E-state index >= 15 is 0 Å². The molecular weight excluding hydrogens is 273 g/mol. The molecule has 2 rings (SSSR count). The van der Waals surface area contributed by atoms with Crippen LogP contribution < -0.4 is 5.32 Å². The third kappa shape index (κ3) is 3.93. The van der Waals surface area contributed by atoms with Gasteiger partial charge in [0.1, 0.15) is 5.82 Å². The van der Waals surface area contributed by atoms with E-state index in [4.69, 9.17) is 0 Å². The molecule has 1 aromatic rings. The molecule has 21 heavy (non-hydrogen) atoms. The first-order valence-corrected chi connectivity index (χ1v) is 7.00. The highest BCUT2D eigenvalue weighted by Crippen LogP contribution is 2.13. The predicted molar refractivity (Wildman–Crippen MR) is 77.5 cm³/mol. The summed E-state index contributed by atoms with van der Waals surface area (Å²) in [6.07, 6.45) is 1.46.